The molecule has 0 radical (unpaired) electrons. The second-order valence-electron chi connectivity index (χ2n) is 11.5. The minimum absolute atomic E-state index is 0.214. The summed E-state index contributed by atoms with van der Waals surface area (Å²) in [5.41, 5.74) is 5.49. The molecule has 0 bridgehead atoms. The summed E-state index contributed by atoms with van der Waals surface area (Å²) in [5, 5.41) is 12.0. The van der Waals surface area contributed by atoms with E-state index in [1.165, 1.54) is 41.3 Å². The molecule has 238 valence electrons. The molecule has 1 aliphatic heterocycles. The smallest absolute Gasteiger partial charge is 0.271 e. The number of thiazole rings is 1. The maximum Gasteiger partial charge on any atom is 0.271 e. The molecule has 4 aromatic carbocycles. The molecule has 8 rings (SSSR count). The Balaban J connectivity index is 1.33. The number of para-hydroxylation sites is 1. The molecule has 0 spiro atoms. The van der Waals surface area contributed by atoms with Gasteiger partial charge in [0.05, 0.1) is 38.7 Å². The van der Waals surface area contributed by atoms with E-state index in [9.17, 15) is 23.3 Å². The maximum absolute atomic E-state index is 14.4. The zero-order valence-corrected chi connectivity index (χ0v) is 27.1. The van der Waals surface area contributed by atoms with E-state index in [1.54, 1.807) is 42.0 Å². The Morgan fingerprint density at radius 1 is 0.979 bits per heavy atom. The average molecular weight is 675 g/mol. The van der Waals surface area contributed by atoms with E-state index in [0.717, 1.165) is 45.3 Å². The minimum Gasteiger partial charge on any atom is -0.497 e. The van der Waals surface area contributed by atoms with E-state index in [2.05, 4.69) is 12.1 Å². The molecule has 0 amide bonds. The van der Waals surface area contributed by atoms with Gasteiger partial charge in [0.2, 0.25) is 0 Å². The van der Waals surface area contributed by atoms with Crippen molar-refractivity contribution in [3.63, 3.8) is 0 Å². The number of allylic oxidation sites excluding steroid dienone is 1. The van der Waals surface area contributed by atoms with Gasteiger partial charge in [-0.15, -0.1) is 0 Å². The molecule has 3 heterocycles. The quantitative estimate of drug-likeness (QED) is 0.172. The zero-order valence-electron chi connectivity index (χ0n) is 25.4. The summed E-state index contributed by atoms with van der Waals surface area (Å²) in [7, 11) is -2.61. The van der Waals surface area contributed by atoms with Gasteiger partial charge in [0.1, 0.15) is 5.75 Å². The van der Waals surface area contributed by atoms with Crippen LogP contribution in [0.4, 0.5) is 5.69 Å². The molecule has 6 aromatic rings. The summed E-state index contributed by atoms with van der Waals surface area (Å²) in [6.07, 6.45) is 4.74. The van der Waals surface area contributed by atoms with Crippen molar-refractivity contribution in [1.29, 1.82) is 0 Å². The Hall–Kier alpha value is -5.59. The SMILES string of the molecule is COc1ccc([C@@H]2C3=C(N=c4s/c(=C/c5cn(S(=O)(=O)c6cccc([N+](=O)[O-])c6)c6ccccc56)c(=O)n42)c2ccccc2CC3)cc1. The number of nitrogens with zero attached hydrogens (tertiary/aromatic N) is 4. The lowest BCUT2D eigenvalue weighted by Crippen LogP contribution is -2.38. The number of nitro benzene ring substituents is 1. The first-order valence-electron chi connectivity index (χ1n) is 15.1. The van der Waals surface area contributed by atoms with Crippen molar-refractivity contribution in [2.75, 3.05) is 7.11 Å². The summed E-state index contributed by atoms with van der Waals surface area (Å²) in [5.74, 6) is 0.714. The summed E-state index contributed by atoms with van der Waals surface area (Å²) in [6, 6.07) is 27.5. The van der Waals surface area contributed by atoms with Gasteiger partial charge in [-0.05, 0) is 59.9 Å². The zero-order chi connectivity index (χ0) is 33.2. The van der Waals surface area contributed by atoms with Crippen LogP contribution in [0.1, 0.15) is 34.7 Å². The molecule has 0 saturated heterocycles. The van der Waals surface area contributed by atoms with E-state index in [-0.39, 0.29) is 22.2 Å². The fraction of sp³-hybridized carbons (Fsp3) is 0.111. The Morgan fingerprint density at radius 3 is 2.54 bits per heavy atom. The second kappa shape index (κ2) is 11.3. The Kier molecular flexibility index (Phi) is 7.00. The van der Waals surface area contributed by atoms with Gasteiger partial charge in [-0.2, -0.15) is 0 Å². The van der Waals surface area contributed by atoms with Crippen molar-refractivity contribution >= 4 is 49.7 Å². The Morgan fingerprint density at radius 2 is 1.75 bits per heavy atom. The van der Waals surface area contributed by atoms with Gasteiger partial charge < -0.3 is 4.74 Å². The molecule has 0 unspecified atom stereocenters. The lowest BCUT2D eigenvalue weighted by atomic mass is 9.83. The fourth-order valence-corrected chi connectivity index (χ4v) is 9.02. The number of hydrogen-bond acceptors (Lipinski definition) is 8. The number of non-ortho nitro benzene ring substituents is 1. The third kappa shape index (κ3) is 4.71. The van der Waals surface area contributed by atoms with Gasteiger partial charge in [0, 0.05) is 34.8 Å². The lowest BCUT2D eigenvalue weighted by Gasteiger charge is -2.30. The number of aromatic nitrogens is 2. The van der Waals surface area contributed by atoms with Gasteiger partial charge in [0.25, 0.3) is 21.3 Å². The second-order valence-corrected chi connectivity index (χ2v) is 14.4. The van der Waals surface area contributed by atoms with Crippen LogP contribution in [-0.4, -0.2) is 29.0 Å². The fourth-order valence-electron chi connectivity index (χ4n) is 6.61. The molecule has 1 atom stereocenters. The van der Waals surface area contributed by atoms with Gasteiger partial charge in [-0.3, -0.25) is 19.5 Å². The average Bonchev–Trinajstić information content (AvgIpc) is 3.64. The number of ether oxygens (including phenoxy) is 1. The Labute approximate surface area is 278 Å². The van der Waals surface area contributed by atoms with E-state index in [4.69, 9.17) is 9.73 Å². The molecule has 12 heteroatoms. The molecular weight excluding hydrogens is 649 g/mol. The van der Waals surface area contributed by atoms with Crippen LogP contribution < -0.4 is 19.6 Å². The molecule has 1 aliphatic carbocycles. The first-order chi connectivity index (χ1) is 23.2. The van der Waals surface area contributed by atoms with E-state index < -0.39 is 14.9 Å². The number of rotatable bonds is 6. The number of hydrogen-bond donors (Lipinski definition) is 0. The van der Waals surface area contributed by atoms with Crippen LogP contribution in [0.25, 0.3) is 22.7 Å². The first-order valence-corrected chi connectivity index (χ1v) is 17.4. The third-order valence-corrected chi connectivity index (χ3v) is 11.5. The standard InChI is InChI=1S/C36H26N4O6S2/c1-46-26-16-13-23(14-17-26)34-30-18-15-22-7-2-3-11-29(22)33(30)37-36-39(34)35(41)32(47-36)19-24-21-38(31-12-5-4-10-28(24)31)48(44,45)27-9-6-8-25(20-27)40(42)43/h2-14,16-17,19-21,34H,15,18H2,1H3/b32-19+/t34-/m1/s1. The topological polar surface area (TPSA) is 126 Å². The highest BCUT2D eigenvalue weighted by molar-refractivity contribution is 7.90. The van der Waals surface area contributed by atoms with Crippen LogP contribution in [0.5, 0.6) is 5.75 Å². The highest BCUT2D eigenvalue weighted by atomic mass is 32.2. The molecule has 0 saturated carbocycles. The van der Waals surface area contributed by atoms with Crippen molar-refractivity contribution in [2.45, 2.75) is 23.8 Å². The van der Waals surface area contributed by atoms with Crippen molar-refractivity contribution in [3.05, 3.63) is 161 Å². The number of aryl methyl sites for hydroxylation is 1. The molecular formula is C36H26N4O6S2. The summed E-state index contributed by atoms with van der Waals surface area (Å²) >= 11 is 1.26. The molecule has 2 aliphatic rings. The largest absolute Gasteiger partial charge is 0.497 e. The minimum atomic E-state index is -4.22. The normalized spacial score (nSPS) is 15.9. The van der Waals surface area contributed by atoms with Gasteiger partial charge >= 0.3 is 0 Å². The highest BCUT2D eigenvalue weighted by Crippen LogP contribution is 2.41. The Bertz CT molecular complexity index is 2630. The molecule has 2 aromatic heterocycles. The van der Waals surface area contributed by atoms with Crippen molar-refractivity contribution in [1.82, 2.24) is 8.54 Å². The summed E-state index contributed by atoms with van der Waals surface area (Å²) < 4.78 is 36.3. The molecule has 10 nitrogen and oxygen atoms in total. The van der Waals surface area contributed by atoms with Gasteiger partial charge in [-0.1, -0.05) is 72.0 Å². The van der Waals surface area contributed by atoms with E-state index >= 15 is 0 Å². The number of methoxy groups -OCH3 is 1. The molecule has 0 fully saturated rings. The van der Waals surface area contributed by atoms with Crippen LogP contribution >= 0.6 is 11.3 Å². The van der Waals surface area contributed by atoms with E-state index in [0.29, 0.717) is 31.5 Å². The number of nitro groups is 1. The highest BCUT2D eigenvalue weighted by Gasteiger charge is 2.33. The summed E-state index contributed by atoms with van der Waals surface area (Å²) in [6.45, 7) is 0. The predicted octanol–water partition coefficient (Wildman–Crippen LogP) is 5.43. The van der Waals surface area contributed by atoms with Gasteiger partial charge in [-0.25, -0.2) is 17.4 Å². The first kappa shape index (κ1) is 29.8. The van der Waals surface area contributed by atoms with Crippen LogP contribution in [0, 0.1) is 10.1 Å². The van der Waals surface area contributed by atoms with Crippen molar-refractivity contribution in [3.8, 4) is 5.75 Å². The molecule has 48 heavy (non-hydrogen) atoms. The third-order valence-electron chi connectivity index (χ3n) is 8.89. The predicted molar refractivity (Wildman–Crippen MR) is 183 cm³/mol. The van der Waals surface area contributed by atoms with E-state index in [1.807, 2.05) is 36.4 Å². The van der Waals surface area contributed by atoms with Crippen molar-refractivity contribution in [2.24, 2.45) is 4.99 Å². The van der Waals surface area contributed by atoms with Crippen LogP contribution in [0.2, 0.25) is 0 Å². The van der Waals surface area contributed by atoms with Crippen LogP contribution in [0.15, 0.2) is 124 Å². The van der Waals surface area contributed by atoms with Crippen molar-refractivity contribution < 1.29 is 18.1 Å². The van der Waals surface area contributed by atoms with Crippen LogP contribution in [-0.2, 0) is 16.4 Å². The lowest BCUT2D eigenvalue weighted by molar-refractivity contribution is -0.385. The number of fused-ring (bicyclic) bond motifs is 4. The van der Waals surface area contributed by atoms with Gasteiger partial charge in [0.15, 0.2) is 4.80 Å². The maximum atomic E-state index is 14.4. The van der Waals surface area contributed by atoms with Crippen LogP contribution in [0.3, 0.4) is 0 Å². The molecule has 0 N–H and O–H groups in total. The number of benzene rings is 4. The summed E-state index contributed by atoms with van der Waals surface area (Å²) in [4.78, 5) is 30.5. The monoisotopic (exact) mass is 674 g/mol.